The summed E-state index contributed by atoms with van der Waals surface area (Å²) in [5.41, 5.74) is -1.56. The third kappa shape index (κ3) is 3.77. The summed E-state index contributed by atoms with van der Waals surface area (Å²) in [6.45, 7) is 9.86. The van der Waals surface area contributed by atoms with Crippen LogP contribution in [0.1, 0.15) is 39.7 Å². The number of aliphatic hydroxyl groups excluding tert-OH is 2. The molecule has 2 amide bonds. The molecule has 0 bridgehead atoms. The van der Waals surface area contributed by atoms with Gasteiger partial charge in [-0.2, -0.15) is 0 Å². The van der Waals surface area contributed by atoms with Gasteiger partial charge < -0.3 is 25.2 Å². The molecule has 1 spiro atoms. The molecule has 2 aliphatic rings. The first-order valence-corrected chi connectivity index (χ1v) is 10.5. The van der Waals surface area contributed by atoms with Crippen LogP contribution >= 0.6 is 0 Å². The van der Waals surface area contributed by atoms with E-state index in [1.807, 2.05) is 0 Å². The first-order chi connectivity index (χ1) is 14.5. The summed E-state index contributed by atoms with van der Waals surface area (Å²) in [4.78, 5) is 27.2. The van der Waals surface area contributed by atoms with Gasteiger partial charge in [0, 0.05) is 36.2 Å². The Balaban J connectivity index is 2.15. The zero-order chi connectivity index (χ0) is 23.1. The molecule has 0 unspecified atom stereocenters. The molecule has 2 aliphatic heterocycles. The Morgan fingerprint density at radius 1 is 1.48 bits per heavy atom. The van der Waals surface area contributed by atoms with E-state index >= 15 is 4.39 Å². The maximum Gasteiger partial charge on any atom is 0.264 e. The molecule has 5 atom stereocenters. The normalized spacial score (nSPS) is 28.7. The summed E-state index contributed by atoms with van der Waals surface area (Å²) in [5, 5.41) is 21.7. The minimum Gasteiger partial charge on any atom is -0.396 e. The van der Waals surface area contributed by atoms with Crippen LogP contribution in [0.2, 0.25) is 0 Å². The number of halogens is 1. The Morgan fingerprint density at radius 2 is 2.16 bits per heavy atom. The van der Waals surface area contributed by atoms with Crippen LogP contribution in [0.5, 0.6) is 0 Å². The molecule has 1 aromatic rings. The Labute approximate surface area is 181 Å². The van der Waals surface area contributed by atoms with Crippen molar-refractivity contribution in [2.75, 3.05) is 23.4 Å². The molecule has 8 heteroatoms. The third-order valence-electron chi connectivity index (χ3n) is 6.33. The molecule has 0 saturated carbocycles. The van der Waals surface area contributed by atoms with Crippen LogP contribution in [0.3, 0.4) is 0 Å². The van der Waals surface area contributed by atoms with Gasteiger partial charge in [-0.05, 0) is 45.4 Å². The molecule has 170 valence electrons. The van der Waals surface area contributed by atoms with E-state index in [1.54, 1.807) is 36.1 Å². The number of carbonyl (C=O) groups excluding carboxylic acids is 2. The minimum absolute atomic E-state index is 0.193. The maximum absolute atomic E-state index is 15.3. The molecule has 2 heterocycles. The Kier molecular flexibility index (Phi) is 6.28. The first kappa shape index (κ1) is 23.4. The second-order valence-corrected chi connectivity index (χ2v) is 8.88. The second-order valence-electron chi connectivity index (χ2n) is 8.88. The summed E-state index contributed by atoms with van der Waals surface area (Å²) in [6, 6.07) is 4.99. The van der Waals surface area contributed by atoms with Crippen molar-refractivity contribution in [1.82, 2.24) is 0 Å². The third-order valence-corrected chi connectivity index (χ3v) is 6.33. The van der Waals surface area contributed by atoms with Gasteiger partial charge in [-0.3, -0.25) is 9.59 Å². The van der Waals surface area contributed by atoms with Crippen LogP contribution in [0.15, 0.2) is 30.9 Å². The van der Waals surface area contributed by atoms with Crippen LogP contribution in [0, 0.1) is 11.8 Å². The SMILES string of the molecule is C=CCN1C(=O)[C@@]2(O[C@@H](CCO)[C@H](C(C)(C)F)[C@H]2C)c2cc(NC(=O)[C@H](C)O)ccc21. The van der Waals surface area contributed by atoms with Crippen LogP contribution in [-0.4, -0.2) is 53.1 Å². The number of aliphatic hydroxyl groups is 2. The molecule has 31 heavy (non-hydrogen) atoms. The molecular weight excluding hydrogens is 403 g/mol. The fourth-order valence-corrected chi connectivity index (χ4v) is 5.08. The van der Waals surface area contributed by atoms with E-state index in [9.17, 15) is 19.8 Å². The van der Waals surface area contributed by atoms with E-state index in [0.29, 0.717) is 16.9 Å². The Morgan fingerprint density at radius 3 is 2.71 bits per heavy atom. The number of amides is 2. The average molecular weight is 435 g/mol. The minimum atomic E-state index is -1.65. The van der Waals surface area contributed by atoms with E-state index in [0.717, 1.165) is 0 Å². The predicted octanol–water partition coefficient (Wildman–Crippen LogP) is 2.52. The monoisotopic (exact) mass is 434 g/mol. The standard InChI is InChI=1S/C23H31FN2O5/c1-6-10-26-17-8-7-15(25-20(29)14(3)28)12-16(17)23(21(26)30)13(2)19(22(4,5)24)18(31-23)9-11-27/h6-8,12-14,18-19,27-28H,1,9-11H2,2-5H3,(H,25,29)/t13-,14+,18+,19-,23+/m1/s1. The fourth-order valence-electron chi connectivity index (χ4n) is 5.08. The molecule has 0 radical (unpaired) electrons. The van der Waals surface area contributed by atoms with Crippen molar-refractivity contribution in [3.8, 4) is 0 Å². The molecular formula is C23H31FN2O5. The molecule has 1 aromatic carbocycles. The highest BCUT2D eigenvalue weighted by atomic mass is 19.1. The molecule has 7 nitrogen and oxygen atoms in total. The number of ether oxygens (including phenoxy) is 1. The number of benzene rings is 1. The molecule has 1 fully saturated rings. The lowest BCUT2D eigenvalue weighted by Crippen LogP contribution is -2.45. The quantitative estimate of drug-likeness (QED) is 0.573. The number of hydrogen-bond acceptors (Lipinski definition) is 5. The van der Waals surface area contributed by atoms with Crippen molar-refractivity contribution < 1.29 is 28.9 Å². The number of nitrogens with zero attached hydrogens (tertiary/aromatic N) is 1. The first-order valence-electron chi connectivity index (χ1n) is 10.5. The molecule has 0 aromatic heterocycles. The van der Waals surface area contributed by atoms with E-state index in [2.05, 4.69) is 11.9 Å². The number of fused-ring (bicyclic) bond motifs is 2. The summed E-state index contributed by atoms with van der Waals surface area (Å²) < 4.78 is 21.6. The number of carbonyl (C=O) groups is 2. The van der Waals surface area contributed by atoms with E-state index < -0.39 is 41.2 Å². The Hall–Kier alpha value is -2.29. The van der Waals surface area contributed by atoms with Crippen molar-refractivity contribution >= 4 is 23.2 Å². The molecule has 1 saturated heterocycles. The van der Waals surface area contributed by atoms with Crippen LogP contribution in [0.4, 0.5) is 15.8 Å². The number of nitrogens with one attached hydrogen (secondary N) is 1. The van der Waals surface area contributed by atoms with Crippen LogP contribution < -0.4 is 10.2 Å². The maximum atomic E-state index is 15.3. The van der Waals surface area contributed by atoms with Gasteiger partial charge in [0.2, 0.25) is 0 Å². The number of anilines is 2. The highest BCUT2D eigenvalue weighted by Crippen LogP contribution is 2.58. The van der Waals surface area contributed by atoms with Crippen LogP contribution in [-0.2, 0) is 19.9 Å². The largest absolute Gasteiger partial charge is 0.396 e. The van der Waals surface area contributed by atoms with Crippen molar-refractivity contribution in [2.24, 2.45) is 11.8 Å². The van der Waals surface area contributed by atoms with Gasteiger partial charge in [0.1, 0.15) is 11.8 Å². The van der Waals surface area contributed by atoms with Gasteiger partial charge in [-0.15, -0.1) is 6.58 Å². The van der Waals surface area contributed by atoms with Gasteiger partial charge in [0.15, 0.2) is 5.60 Å². The summed E-state index contributed by atoms with van der Waals surface area (Å²) in [5.74, 6) is -2.06. The zero-order valence-electron chi connectivity index (χ0n) is 18.4. The van der Waals surface area contributed by atoms with E-state index in [1.165, 1.54) is 20.8 Å². The number of alkyl halides is 1. The number of rotatable bonds is 7. The van der Waals surface area contributed by atoms with E-state index in [-0.39, 0.29) is 25.5 Å². The summed E-state index contributed by atoms with van der Waals surface area (Å²) in [7, 11) is 0. The smallest absolute Gasteiger partial charge is 0.264 e. The predicted molar refractivity (Wildman–Crippen MR) is 115 cm³/mol. The second kappa shape index (κ2) is 8.33. The lowest BCUT2D eigenvalue weighted by molar-refractivity contribution is -0.146. The highest BCUT2D eigenvalue weighted by Gasteiger charge is 2.65. The zero-order valence-corrected chi connectivity index (χ0v) is 18.4. The van der Waals surface area contributed by atoms with Gasteiger partial charge in [-0.1, -0.05) is 13.0 Å². The average Bonchev–Trinajstić information content (AvgIpc) is 3.10. The molecule has 3 rings (SSSR count). The van der Waals surface area contributed by atoms with Crippen molar-refractivity contribution in [1.29, 1.82) is 0 Å². The van der Waals surface area contributed by atoms with E-state index in [4.69, 9.17) is 4.74 Å². The molecule has 0 aliphatic carbocycles. The Bertz CT molecular complexity index is 881. The van der Waals surface area contributed by atoms with Gasteiger partial charge in [0.05, 0.1) is 11.8 Å². The highest BCUT2D eigenvalue weighted by molar-refractivity contribution is 6.08. The fraction of sp³-hybridized carbons (Fsp3) is 0.565. The van der Waals surface area contributed by atoms with Gasteiger partial charge in [0.25, 0.3) is 11.8 Å². The van der Waals surface area contributed by atoms with Crippen molar-refractivity contribution in [2.45, 2.75) is 57.6 Å². The molecule has 3 N–H and O–H groups in total. The summed E-state index contributed by atoms with van der Waals surface area (Å²) in [6.07, 6.45) is -0.0534. The van der Waals surface area contributed by atoms with Gasteiger partial charge >= 0.3 is 0 Å². The van der Waals surface area contributed by atoms with Crippen molar-refractivity contribution in [3.05, 3.63) is 36.4 Å². The van der Waals surface area contributed by atoms with Gasteiger partial charge in [-0.25, -0.2) is 4.39 Å². The lowest BCUT2D eigenvalue weighted by atomic mass is 9.71. The lowest BCUT2D eigenvalue weighted by Gasteiger charge is -2.32. The van der Waals surface area contributed by atoms with Crippen LogP contribution in [0.25, 0.3) is 0 Å². The van der Waals surface area contributed by atoms with Crippen molar-refractivity contribution in [3.63, 3.8) is 0 Å². The summed E-state index contributed by atoms with van der Waals surface area (Å²) >= 11 is 0. The topological polar surface area (TPSA) is 99.1 Å². The number of hydrogen-bond donors (Lipinski definition) is 3.